The number of benzene rings is 2. The fourth-order valence-electron chi connectivity index (χ4n) is 1.71. The third-order valence-electron chi connectivity index (χ3n) is 2.68. The first-order valence-electron chi connectivity index (χ1n) is 5.22. The maximum absolute atomic E-state index is 6.27. The van der Waals surface area contributed by atoms with Crippen molar-refractivity contribution >= 4 is 105 Å². The van der Waals surface area contributed by atoms with Crippen molar-refractivity contribution < 1.29 is 0 Å². The SMILES string of the molecule is Clc1cc2c(c(Cl)c1Cl)Sc1c(Cl)c(Cl)c(Cl)c(Cl)c1S2. The van der Waals surface area contributed by atoms with Gasteiger partial charge in [0.25, 0.3) is 0 Å². The maximum Gasteiger partial charge on any atom is 0.0806 e. The molecule has 3 rings (SSSR count). The summed E-state index contributed by atoms with van der Waals surface area (Å²) in [6.45, 7) is 0. The number of hydrogen-bond acceptors (Lipinski definition) is 2. The monoisotopic (exact) mass is 454 g/mol. The summed E-state index contributed by atoms with van der Waals surface area (Å²) in [5, 5.41) is 2.19. The van der Waals surface area contributed by atoms with Gasteiger partial charge in [0.2, 0.25) is 0 Å². The van der Waals surface area contributed by atoms with Gasteiger partial charge in [0.1, 0.15) is 0 Å². The molecule has 0 radical (unpaired) electrons. The van der Waals surface area contributed by atoms with Crippen molar-refractivity contribution in [3.8, 4) is 0 Å². The molecule has 0 nitrogen and oxygen atoms in total. The zero-order valence-electron chi connectivity index (χ0n) is 9.54. The summed E-state index contributed by atoms with van der Waals surface area (Å²) >= 11 is 45.8. The van der Waals surface area contributed by atoms with Gasteiger partial charge in [-0.25, -0.2) is 0 Å². The summed E-state index contributed by atoms with van der Waals surface area (Å²) in [6.07, 6.45) is 0. The Morgan fingerprint density at radius 2 is 1.00 bits per heavy atom. The van der Waals surface area contributed by atoms with Crippen LogP contribution in [0.15, 0.2) is 25.6 Å². The lowest BCUT2D eigenvalue weighted by atomic mass is 10.3. The van der Waals surface area contributed by atoms with E-state index in [1.807, 2.05) is 0 Å². The Hall–Kier alpha value is 1.17. The molecule has 9 heteroatoms. The average molecular weight is 457 g/mol. The molecule has 0 aliphatic carbocycles. The Balaban J connectivity index is 2.27. The zero-order chi connectivity index (χ0) is 15.5. The molecule has 2 aromatic carbocycles. The van der Waals surface area contributed by atoms with Crippen LogP contribution in [0.4, 0.5) is 0 Å². The molecule has 2 aromatic rings. The molecule has 0 saturated carbocycles. The largest absolute Gasteiger partial charge is 0.0859 e. The van der Waals surface area contributed by atoms with Gasteiger partial charge in [-0.1, -0.05) is 105 Å². The highest BCUT2D eigenvalue weighted by Crippen LogP contribution is 2.59. The lowest BCUT2D eigenvalue weighted by Crippen LogP contribution is -1.95. The third-order valence-corrected chi connectivity index (χ3v) is 8.74. The van der Waals surface area contributed by atoms with Crippen LogP contribution in [0.25, 0.3) is 0 Å². The maximum atomic E-state index is 6.27. The molecule has 0 saturated heterocycles. The number of hydrogen-bond donors (Lipinski definition) is 0. The topological polar surface area (TPSA) is 0 Å². The molecule has 21 heavy (non-hydrogen) atoms. The molecule has 1 aliphatic rings. The molecule has 0 fully saturated rings. The normalized spacial score (nSPS) is 13.1. The van der Waals surface area contributed by atoms with Crippen LogP contribution < -0.4 is 0 Å². The lowest BCUT2D eigenvalue weighted by molar-refractivity contribution is 1.16. The summed E-state index contributed by atoms with van der Waals surface area (Å²) in [5.41, 5.74) is 0. The molecule has 0 unspecified atom stereocenters. The standard InChI is InChI=1S/C12HCl7S2/c13-2-1-3-10(7(17)4(2)14)21-12-9(19)6(16)5(15)8(18)11(12)20-3/h1H. The van der Waals surface area contributed by atoms with E-state index in [4.69, 9.17) is 81.2 Å². The number of rotatable bonds is 0. The molecule has 1 aliphatic heterocycles. The minimum atomic E-state index is 0.217. The van der Waals surface area contributed by atoms with Gasteiger partial charge in [0.15, 0.2) is 0 Å². The Morgan fingerprint density at radius 1 is 0.524 bits per heavy atom. The molecule has 1 heterocycles. The van der Waals surface area contributed by atoms with Crippen LogP contribution in [-0.4, -0.2) is 0 Å². The third kappa shape index (κ3) is 2.75. The first-order chi connectivity index (χ1) is 9.82. The molecule has 0 aromatic heterocycles. The van der Waals surface area contributed by atoms with Crippen LogP contribution in [0.2, 0.25) is 35.2 Å². The van der Waals surface area contributed by atoms with Crippen molar-refractivity contribution in [2.75, 3.05) is 0 Å². The Kier molecular flexibility index (Phi) is 5.05. The van der Waals surface area contributed by atoms with Gasteiger partial charge in [-0.15, -0.1) is 0 Å². The van der Waals surface area contributed by atoms with Crippen LogP contribution in [0.5, 0.6) is 0 Å². The second-order valence-electron chi connectivity index (χ2n) is 3.93. The summed E-state index contributed by atoms with van der Waals surface area (Å²) < 4.78 is 0. The van der Waals surface area contributed by atoms with Crippen LogP contribution in [0, 0.1) is 0 Å². The van der Waals surface area contributed by atoms with Gasteiger partial charge < -0.3 is 0 Å². The van der Waals surface area contributed by atoms with Crippen molar-refractivity contribution in [1.82, 2.24) is 0 Å². The minimum absolute atomic E-state index is 0.217. The fourth-order valence-corrected chi connectivity index (χ4v) is 6.34. The smallest absolute Gasteiger partial charge is 0.0806 e. The molecular formula is C12HCl7S2. The zero-order valence-corrected chi connectivity index (χ0v) is 16.5. The van der Waals surface area contributed by atoms with Gasteiger partial charge >= 0.3 is 0 Å². The van der Waals surface area contributed by atoms with Gasteiger partial charge in [0, 0.05) is 19.6 Å². The minimum Gasteiger partial charge on any atom is -0.0859 e. The van der Waals surface area contributed by atoms with Crippen molar-refractivity contribution in [3.05, 3.63) is 41.2 Å². The van der Waals surface area contributed by atoms with Crippen molar-refractivity contribution in [1.29, 1.82) is 0 Å². The predicted octanol–water partition coefficient (Wildman–Crippen LogP) is 8.88. The molecule has 0 spiro atoms. The molecule has 110 valence electrons. The number of halogens is 7. The second kappa shape index (κ2) is 6.23. The number of fused-ring (bicyclic) bond motifs is 2. The van der Waals surface area contributed by atoms with Gasteiger partial charge in [0.05, 0.1) is 35.2 Å². The molecule has 0 N–H and O–H groups in total. The van der Waals surface area contributed by atoms with E-state index in [-0.39, 0.29) is 10.0 Å². The van der Waals surface area contributed by atoms with E-state index >= 15 is 0 Å². The van der Waals surface area contributed by atoms with Crippen LogP contribution in [0.1, 0.15) is 0 Å². The van der Waals surface area contributed by atoms with Crippen LogP contribution in [0.3, 0.4) is 0 Å². The molecule has 0 atom stereocenters. The first kappa shape index (κ1) is 17.0. The summed E-state index contributed by atoms with van der Waals surface area (Å²) in [5.74, 6) is 0. The predicted molar refractivity (Wildman–Crippen MR) is 96.2 cm³/mol. The highest BCUT2D eigenvalue weighted by atomic mass is 35.5. The van der Waals surface area contributed by atoms with Crippen molar-refractivity contribution in [2.24, 2.45) is 0 Å². The molecule has 0 amide bonds. The van der Waals surface area contributed by atoms with E-state index < -0.39 is 0 Å². The quantitative estimate of drug-likeness (QED) is 0.244. The van der Waals surface area contributed by atoms with Crippen molar-refractivity contribution in [2.45, 2.75) is 19.6 Å². The highest BCUT2D eigenvalue weighted by molar-refractivity contribution is 8.05. The summed E-state index contributed by atoms with van der Waals surface area (Å²) in [7, 11) is 0. The van der Waals surface area contributed by atoms with E-state index in [9.17, 15) is 0 Å². The van der Waals surface area contributed by atoms with Crippen molar-refractivity contribution in [3.63, 3.8) is 0 Å². The lowest BCUT2D eigenvalue weighted by Gasteiger charge is -2.23. The first-order valence-corrected chi connectivity index (χ1v) is 9.50. The Bertz CT molecular complexity index is 788. The van der Waals surface area contributed by atoms with Crippen LogP contribution in [-0.2, 0) is 0 Å². The highest BCUT2D eigenvalue weighted by Gasteiger charge is 2.29. The van der Waals surface area contributed by atoms with E-state index in [0.717, 1.165) is 14.7 Å². The van der Waals surface area contributed by atoms with E-state index in [1.165, 1.54) is 23.5 Å². The fraction of sp³-hybridized carbons (Fsp3) is 0. The summed E-state index contributed by atoms with van der Waals surface area (Å²) in [4.78, 5) is 3.03. The van der Waals surface area contributed by atoms with Gasteiger partial charge in [-0.2, -0.15) is 0 Å². The van der Waals surface area contributed by atoms with E-state index in [0.29, 0.717) is 30.0 Å². The Labute approximate surface area is 164 Å². The summed E-state index contributed by atoms with van der Waals surface area (Å²) in [6, 6.07) is 1.73. The van der Waals surface area contributed by atoms with Gasteiger partial charge in [-0.3, -0.25) is 0 Å². The Morgan fingerprint density at radius 3 is 1.57 bits per heavy atom. The average Bonchev–Trinajstić information content (AvgIpc) is 2.47. The molecule has 0 bridgehead atoms. The van der Waals surface area contributed by atoms with Gasteiger partial charge in [-0.05, 0) is 6.07 Å². The van der Waals surface area contributed by atoms with E-state index in [1.54, 1.807) is 6.07 Å². The van der Waals surface area contributed by atoms with Crippen LogP contribution >= 0.6 is 105 Å². The second-order valence-corrected chi connectivity index (χ2v) is 8.68. The molecular weight excluding hydrogens is 456 g/mol. The van der Waals surface area contributed by atoms with E-state index in [2.05, 4.69) is 0 Å².